The SMILES string of the molecule is CCOCCCNC(=O)C1CCN(Cc2cccc3cccnc23)CC1. The summed E-state index contributed by atoms with van der Waals surface area (Å²) in [5, 5.41) is 4.24. The number of carbonyl (C=O) groups is 1. The van der Waals surface area contributed by atoms with E-state index in [2.05, 4.69) is 39.5 Å². The van der Waals surface area contributed by atoms with E-state index in [4.69, 9.17) is 4.74 Å². The molecule has 0 atom stereocenters. The Morgan fingerprint density at radius 2 is 2.08 bits per heavy atom. The first-order valence-corrected chi connectivity index (χ1v) is 9.68. The predicted molar refractivity (Wildman–Crippen MR) is 104 cm³/mol. The van der Waals surface area contributed by atoms with Crippen molar-refractivity contribution in [2.24, 2.45) is 5.92 Å². The van der Waals surface area contributed by atoms with Crippen molar-refractivity contribution in [3.8, 4) is 0 Å². The number of pyridine rings is 1. The number of ether oxygens (including phenoxy) is 1. The summed E-state index contributed by atoms with van der Waals surface area (Å²) in [6.07, 6.45) is 4.59. The highest BCUT2D eigenvalue weighted by Crippen LogP contribution is 2.22. The van der Waals surface area contributed by atoms with Gasteiger partial charge in [-0.3, -0.25) is 14.7 Å². The normalized spacial score (nSPS) is 16.0. The molecule has 2 heterocycles. The Morgan fingerprint density at radius 3 is 2.88 bits per heavy atom. The van der Waals surface area contributed by atoms with Crippen molar-refractivity contribution in [1.82, 2.24) is 15.2 Å². The van der Waals surface area contributed by atoms with Gasteiger partial charge in [-0.15, -0.1) is 0 Å². The van der Waals surface area contributed by atoms with Crippen LogP contribution in [0.25, 0.3) is 10.9 Å². The molecule has 1 aromatic heterocycles. The lowest BCUT2D eigenvalue weighted by Gasteiger charge is -2.31. The zero-order valence-electron chi connectivity index (χ0n) is 15.6. The molecule has 0 saturated carbocycles. The van der Waals surface area contributed by atoms with Gasteiger partial charge in [0.25, 0.3) is 0 Å². The maximum atomic E-state index is 12.3. The predicted octanol–water partition coefficient (Wildman–Crippen LogP) is 2.99. The van der Waals surface area contributed by atoms with E-state index in [1.807, 2.05) is 19.2 Å². The first kappa shape index (κ1) is 18.8. The molecule has 0 unspecified atom stereocenters. The minimum absolute atomic E-state index is 0.143. The summed E-state index contributed by atoms with van der Waals surface area (Å²) in [6.45, 7) is 6.96. The number of aromatic nitrogens is 1. The maximum Gasteiger partial charge on any atom is 0.223 e. The molecule has 5 nitrogen and oxygen atoms in total. The molecule has 26 heavy (non-hydrogen) atoms. The van der Waals surface area contributed by atoms with Crippen molar-refractivity contribution in [3.05, 3.63) is 42.1 Å². The number of nitrogens with one attached hydrogen (secondary N) is 1. The average molecular weight is 355 g/mol. The minimum atomic E-state index is 0.143. The largest absolute Gasteiger partial charge is 0.382 e. The molecule has 0 radical (unpaired) electrons. The lowest BCUT2D eigenvalue weighted by molar-refractivity contribution is -0.126. The highest BCUT2D eigenvalue weighted by molar-refractivity contribution is 5.81. The number of carbonyl (C=O) groups excluding carboxylic acids is 1. The van der Waals surface area contributed by atoms with E-state index in [1.54, 1.807) is 0 Å². The summed E-state index contributed by atoms with van der Waals surface area (Å²) in [5.74, 6) is 0.344. The van der Waals surface area contributed by atoms with Gasteiger partial charge in [-0.25, -0.2) is 0 Å². The topological polar surface area (TPSA) is 54.5 Å². The van der Waals surface area contributed by atoms with Crippen LogP contribution in [0.1, 0.15) is 31.7 Å². The third kappa shape index (κ3) is 5.02. The Labute approximate surface area is 155 Å². The Morgan fingerprint density at radius 1 is 1.27 bits per heavy atom. The highest BCUT2D eigenvalue weighted by Gasteiger charge is 2.24. The van der Waals surface area contributed by atoms with Gasteiger partial charge in [0, 0.05) is 43.8 Å². The maximum absolute atomic E-state index is 12.3. The van der Waals surface area contributed by atoms with Gasteiger partial charge in [0.15, 0.2) is 0 Å². The van der Waals surface area contributed by atoms with Crippen LogP contribution in [0.4, 0.5) is 0 Å². The van der Waals surface area contributed by atoms with E-state index >= 15 is 0 Å². The number of benzene rings is 1. The van der Waals surface area contributed by atoms with E-state index in [0.29, 0.717) is 13.2 Å². The van der Waals surface area contributed by atoms with Crippen LogP contribution in [-0.2, 0) is 16.1 Å². The van der Waals surface area contributed by atoms with Crippen LogP contribution in [0.5, 0.6) is 0 Å². The molecular weight excluding hydrogens is 326 g/mol. The highest BCUT2D eigenvalue weighted by atomic mass is 16.5. The number of nitrogens with zero attached hydrogens (tertiary/aromatic N) is 2. The first-order valence-electron chi connectivity index (χ1n) is 9.68. The van der Waals surface area contributed by atoms with Crippen LogP contribution < -0.4 is 5.32 Å². The number of amides is 1. The third-order valence-electron chi connectivity index (χ3n) is 5.04. The quantitative estimate of drug-likeness (QED) is 0.740. The fraction of sp³-hybridized carbons (Fsp3) is 0.524. The summed E-state index contributed by atoms with van der Waals surface area (Å²) in [4.78, 5) is 19.3. The number of hydrogen-bond acceptors (Lipinski definition) is 4. The molecule has 1 aromatic carbocycles. The molecule has 3 rings (SSSR count). The van der Waals surface area contributed by atoms with Gasteiger partial charge in [0.1, 0.15) is 0 Å². The van der Waals surface area contributed by atoms with Crippen molar-refractivity contribution in [2.75, 3.05) is 32.8 Å². The Bertz CT molecular complexity index is 706. The molecule has 0 bridgehead atoms. The smallest absolute Gasteiger partial charge is 0.223 e. The van der Waals surface area contributed by atoms with Crippen LogP contribution in [-0.4, -0.2) is 48.6 Å². The van der Waals surface area contributed by atoms with Gasteiger partial charge in [-0.2, -0.15) is 0 Å². The van der Waals surface area contributed by atoms with Crippen LogP contribution in [0, 0.1) is 5.92 Å². The first-order chi connectivity index (χ1) is 12.8. The molecule has 140 valence electrons. The van der Waals surface area contributed by atoms with E-state index in [-0.39, 0.29) is 11.8 Å². The van der Waals surface area contributed by atoms with Crippen LogP contribution in [0.15, 0.2) is 36.5 Å². The number of fused-ring (bicyclic) bond motifs is 1. The molecular formula is C21H29N3O2. The molecule has 1 aliphatic heterocycles. The Hall–Kier alpha value is -1.98. The second-order valence-electron chi connectivity index (χ2n) is 6.88. The number of piperidine rings is 1. The molecule has 5 heteroatoms. The molecule has 1 amide bonds. The van der Waals surface area contributed by atoms with Crippen LogP contribution in [0.3, 0.4) is 0 Å². The van der Waals surface area contributed by atoms with E-state index in [0.717, 1.165) is 51.0 Å². The van der Waals surface area contributed by atoms with E-state index in [1.165, 1.54) is 10.9 Å². The van der Waals surface area contributed by atoms with Crippen LogP contribution >= 0.6 is 0 Å². The zero-order valence-corrected chi connectivity index (χ0v) is 15.6. The molecule has 0 aliphatic carbocycles. The van der Waals surface area contributed by atoms with Crippen molar-refractivity contribution < 1.29 is 9.53 Å². The van der Waals surface area contributed by atoms with Gasteiger partial charge in [-0.05, 0) is 50.9 Å². The molecule has 1 N–H and O–H groups in total. The standard InChI is InChI=1S/C21H29N3O2/c1-2-26-15-5-12-23-21(25)18-9-13-24(14-10-18)16-19-7-3-6-17-8-4-11-22-20(17)19/h3-4,6-8,11,18H,2,5,9-10,12-16H2,1H3,(H,23,25). The van der Waals surface area contributed by atoms with Crippen molar-refractivity contribution in [1.29, 1.82) is 0 Å². The summed E-state index contributed by atoms with van der Waals surface area (Å²) in [7, 11) is 0. The van der Waals surface area contributed by atoms with Gasteiger partial charge in [0.2, 0.25) is 5.91 Å². The summed E-state index contributed by atoms with van der Waals surface area (Å²) in [6, 6.07) is 10.4. The van der Waals surface area contributed by atoms with Crippen molar-refractivity contribution in [3.63, 3.8) is 0 Å². The average Bonchev–Trinajstić information content (AvgIpc) is 2.68. The van der Waals surface area contributed by atoms with E-state index in [9.17, 15) is 4.79 Å². The molecule has 2 aromatic rings. The van der Waals surface area contributed by atoms with Gasteiger partial charge < -0.3 is 10.1 Å². The van der Waals surface area contributed by atoms with Crippen molar-refractivity contribution in [2.45, 2.75) is 32.7 Å². The number of rotatable bonds is 8. The minimum Gasteiger partial charge on any atom is -0.382 e. The Kier molecular flexibility index (Phi) is 6.97. The summed E-state index contributed by atoms with van der Waals surface area (Å²) >= 11 is 0. The Balaban J connectivity index is 1.45. The summed E-state index contributed by atoms with van der Waals surface area (Å²) < 4.78 is 5.30. The lowest BCUT2D eigenvalue weighted by atomic mass is 9.95. The fourth-order valence-corrected chi connectivity index (χ4v) is 3.56. The van der Waals surface area contributed by atoms with Gasteiger partial charge >= 0.3 is 0 Å². The summed E-state index contributed by atoms with van der Waals surface area (Å²) in [5.41, 5.74) is 2.35. The monoisotopic (exact) mass is 355 g/mol. The molecule has 1 saturated heterocycles. The lowest BCUT2D eigenvalue weighted by Crippen LogP contribution is -2.40. The van der Waals surface area contributed by atoms with Gasteiger partial charge in [0.05, 0.1) is 5.52 Å². The second-order valence-corrected chi connectivity index (χ2v) is 6.88. The number of likely N-dealkylation sites (tertiary alicyclic amines) is 1. The molecule has 1 aliphatic rings. The third-order valence-corrected chi connectivity index (χ3v) is 5.04. The van der Waals surface area contributed by atoms with Gasteiger partial charge in [-0.1, -0.05) is 24.3 Å². The van der Waals surface area contributed by atoms with E-state index < -0.39 is 0 Å². The molecule has 1 fully saturated rings. The number of hydrogen-bond donors (Lipinski definition) is 1. The fourth-order valence-electron chi connectivity index (χ4n) is 3.56. The van der Waals surface area contributed by atoms with Crippen LogP contribution in [0.2, 0.25) is 0 Å². The van der Waals surface area contributed by atoms with Crippen molar-refractivity contribution >= 4 is 16.8 Å². The zero-order chi connectivity index (χ0) is 18.2. The molecule has 0 spiro atoms. The number of para-hydroxylation sites is 1. The second kappa shape index (κ2) is 9.64.